The fourth-order valence-corrected chi connectivity index (χ4v) is 7.00. The Kier molecular flexibility index (Phi) is 22.5. The molecule has 0 unspecified atom stereocenters. The van der Waals surface area contributed by atoms with Crippen LogP contribution in [0.2, 0.25) is 0 Å². The lowest BCUT2D eigenvalue weighted by molar-refractivity contribution is 0.134. The second-order valence-corrected chi connectivity index (χ2v) is 16.9. The van der Waals surface area contributed by atoms with Gasteiger partial charge in [-0.05, 0) is 182 Å². The molecule has 8 aromatic carbocycles. The van der Waals surface area contributed by atoms with Crippen molar-refractivity contribution in [2.45, 2.75) is 60.2 Å². The molecule has 0 fully saturated rings. The molecule has 18 heteroatoms. The van der Waals surface area contributed by atoms with Gasteiger partial charge in [-0.1, -0.05) is 45.0 Å². The van der Waals surface area contributed by atoms with E-state index in [0.29, 0.717) is 58.6 Å². The molecule has 0 aromatic heterocycles. The first kappa shape index (κ1) is 57.4. The van der Waals surface area contributed by atoms with Gasteiger partial charge in [-0.25, -0.2) is 0 Å². The lowest BCUT2D eigenvalue weighted by atomic mass is 10.1. The molecule has 0 amide bonds. The fraction of sp³-hybridized carbons (Fsp3) is 0.172. The number of rotatable bonds is 15. The minimum absolute atomic E-state index is 0.129. The number of aliphatic hydroxyl groups excluding tert-OH is 1. The van der Waals surface area contributed by atoms with Crippen LogP contribution >= 0.6 is 0 Å². The van der Waals surface area contributed by atoms with Gasteiger partial charge in [0.05, 0.1) is 58.7 Å². The number of hydrogen-bond donors (Lipinski definition) is 9. The van der Waals surface area contributed by atoms with Gasteiger partial charge >= 0.3 is 0 Å². The maximum Gasteiger partial charge on any atom is 0.0932 e. The molecular weight excluding hydrogens is 953 g/mol. The van der Waals surface area contributed by atoms with Crippen molar-refractivity contribution < 1.29 is 9.84 Å². The quantitative estimate of drug-likeness (QED) is 0.0345. The normalized spacial score (nSPS) is 11.0. The van der Waals surface area contributed by atoms with E-state index < -0.39 is 0 Å². The van der Waals surface area contributed by atoms with Crippen LogP contribution in [0, 0.1) is 0 Å². The fourth-order valence-electron chi connectivity index (χ4n) is 7.00. The number of aliphatic hydroxyl groups is 1. The summed E-state index contributed by atoms with van der Waals surface area (Å²) in [7, 11) is 0. The highest BCUT2D eigenvalue weighted by atomic mass is 16.5. The smallest absolute Gasteiger partial charge is 0.0932 e. The van der Waals surface area contributed by atoms with E-state index in [2.05, 4.69) is 61.7 Å². The van der Waals surface area contributed by atoms with Crippen LogP contribution in [0.3, 0.4) is 0 Å². The van der Waals surface area contributed by atoms with E-state index in [1.807, 2.05) is 110 Å². The predicted molar refractivity (Wildman–Crippen MR) is 313 cm³/mol. The van der Waals surface area contributed by atoms with Crippen molar-refractivity contribution in [2.24, 2.45) is 40.9 Å². The van der Waals surface area contributed by atoms with E-state index in [0.717, 1.165) is 92.7 Å². The average Bonchev–Trinajstić information content (AvgIpc) is 3.42. The van der Waals surface area contributed by atoms with Crippen LogP contribution in [0.15, 0.2) is 205 Å². The molecule has 0 saturated heterocycles. The molecule has 0 spiro atoms. The molecule has 0 aliphatic rings. The van der Waals surface area contributed by atoms with E-state index in [9.17, 15) is 5.11 Å². The van der Waals surface area contributed by atoms with Crippen LogP contribution in [0.4, 0.5) is 91.0 Å². The monoisotopic (exact) mass is 1020 g/mol. The third kappa shape index (κ3) is 18.8. The van der Waals surface area contributed by atoms with Gasteiger partial charge in [0.15, 0.2) is 0 Å². The Morgan fingerprint density at radius 3 is 0.961 bits per heavy atom. The van der Waals surface area contributed by atoms with Crippen molar-refractivity contribution in [3.8, 4) is 0 Å². The topological polar surface area (TPSA) is 337 Å². The summed E-state index contributed by atoms with van der Waals surface area (Å²) in [5, 5.41) is 42.9. The minimum atomic E-state index is -0.129. The maximum atomic E-state index is 9.21. The first-order valence-electron chi connectivity index (χ1n) is 24.5. The largest absolute Gasteiger partial charge is 0.399 e. The molecule has 76 heavy (non-hydrogen) atoms. The number of azo groups is 4. The van der Waals surface area contributed by atoms with Crippen molar-refractivity contribution in [3.05, 3.63) is 192 Å². The highest BCUT2D eigenvalue weighted by Gasteiger charge is 2.06. The molecule has 0 saturated carbocycles. The molecule has 0 aliphatic carbocycles. The molecule has 0 bridgehead atoms. The summed E-state index contributed by atoms with van der Waals surface area (Å²) in [5.41, 5.74) is 62.1. The van der Waals surface area contributed by atoms with Crippen LogP contribution < -0.4 is 45.9 Å². The number of nitrogens with two attached hydrogens (primary N) is 8. The predicted octanol–water partition coefficient (Wildman–Crippen LogP) is 14.8. The molecule has 0 aliphatic heterocycles. The molecular formula is C58H68N16O2. The highest BCUT2D eigenvalue weighted by molar-refractivity contribution is 5.60. The van der Waals surface area contributed by atoms with Crippen molar-refractivity contribution in [2.75, 3.05) is 52.5 Å². The molecule has 0 heterocycles. The third-order valence-corrected chi connectivity index (χ3v) is 11.0. The van der Waals surface area contributed by atoms with Crippen LogP contribution in [0.1, 0.15) is 55.5 Å². The second kappa shape index (κ2) is 29.9. The first-order valence-corrected chi connectivity index (χ1v) is 24.5. The molecule has 17 N–H and O–H groups in total. The van der Waals surface area contributed by atoms with Crippen LogP contribution in [-0.4, -0.2) is 11.7 Å². The van der Waals surface area contributed by atoms with Crippen LogP contribution in [0.25, 0.3) is 0 Å². The lowest BCUT2D eigenvalue weighted by Crippen LogP contribution is -1.93. The van der Waals surface area contributed by atoms with Gasteiger partial charge in [0.1, 0.15) is 0 Å². The van der Waals surface area contributed by atoms with Crippen LogP contribution in [-0.2, 0) is 37.2 Å². The number of anilines is 8. The number of benzene rings is 8. The standard InChI is InChI=1S/C17H22N4O.2C14H16N4.C13H14N4O/c1-3-12-9-14(18)7-8-16(12)20-21-17-10-15(19)6-5-13(17)11-22-4-2;2*1-2-10-8-12(16)6-7-14(10)18-17-13-5-3-4-11(15)9-13;14-10-2-1-3-12(7-10)16-17-13-5-4-11(15)6-9(13)8-18/h5-10H,3-4,11,18-19H2,1-2H3;2*3-9H,2,15-16H2,1H3;1-7,18H,8,14-15H2. The third-order valence-electron chi connectivity index (χ3n) is 11.0. The van der Waals surface area contributed by atoms with Gasteiger partial charge in [-0.3, -0.25) is 0 Å². The van der Waals surface area contributed by atoms with E-state index in [4.69, 9.17) is 50.6 Å². The molecule has 18 nitrogen and oxygen atoms in total. The summed E-state index contributed by atoms with van der Waals surface area (Å²) in [6, 6.07) is 49.3. The summed E-state index contributed by atoms with van der Waals surface area (Å²) < 4.78 is 5.45. The summed E-state index contributed by atoms with van der Waals surface area (Å²) in [6.07, 6.45) is 2.59. The summed E-state index contributed by atoms with van der Waals surface area (Å²) in [4.78, 5) is 0. The molecule has 8 rings (SSSR count). The van der Waals surface area contributed by atoms with Crippen molar-refractivity contribution in [1.82, 2.24) is 0 Å². The Bertz CT molecular complexity index is 3020. The number of nitrogens with zero attached hydrogens (tertiary/aromatic N) is 8. The highest BCUT2D eigenvalue weighted by Crippen LogP contribution is 2.31. The maximum absolute atomic E-state index is 9.21. The number of ether oxygens (including phenoxy) is 1. The van der Waals surface area contributed by atoms with Gasteiger partial charge in [-0.15, -0.1) is 0 Å². The van der Waals surface area contributed by atoms with E-state index >= 15 is 0 Å². The first-order chi connectivity index (χ1) is 36.7. The Labute approximate surface area is 444 Å². The van der Waals surface area contributed by atoms with Gasteiger partial charge in [0.25, 0.3) is 0 Å². The zero-order valence-electron chi connectivity index (χ0n) is 43.4. The molecule has 392 valence electrons. The SMILES string of the molecule is CCOCc1ccc(N)cc1N=Nc1ccc(N)cc1CC.CCc1cc(N)ccc1N=Nc1cccc(N)c1.CCc1cc(N)ccc1N=Nc1cccc(N)c1.Nc1cccc(N=Nc2ccc(N)cc2CO)c1. The summed E-state index contributed by atoms with van der Waals surface area (Å²) in [5.74, 6) is 0. The molecule has 0 atom stereocenters. The van der Waals surface area contributed by atoms with Gasteiger partial charge < -0.3 is 55.7 Å². The summed E-state index contributed by atoms with van der Waals surface area (Å²) in [6.45, 7) is 9.17. The minimum Gasteiger partial charge on any atom is -0.399 e. The second-order valence-electron chi connectivity index (χ2n) is 16.9. The van der Waals surface area contributed by atoms with Gasteiger partial charge in [0, 0.05) is 63.2 Å². The van der Waals surface area contributed by atoms with E-state index in [-0.39, 0.29) is 6.61 Å². The molecule has 8 aromatic rings. The molecule has 0 radical (unpaired) electrons. The van der Waals surface area contributed by atoms with Gasteiger partial charge in [-0.2, -0.15) is 40.9 Å². The Morgan fingerprint density at radius 1 is 0.316 bits per heavy atom. The van der Waals surface area contributed by atoms with Crippen molar-refractivity contribution in [3.63, 3.8) is 0 Å². The number of aryl methyl sites for hydroxylation is 3. The van der Waals surface area contributed by atoms with Crippen molar-refractivity contribution >= 4 is 91.0 Å². The van der Waals surface area contributed by atoms with Crippen LogP contribution in [0.5, 0.6) is 0 Å². The van der Waals surface area contributed by atoms with Crippen molar-refractivity contribution in [1.29, 1.82) is 0 Å². The number of hydrogen-bond acceptors (Lipinski definition) is 18. The zero-order chi connectivity index (χ0) is 54.8. The zero-order valence-corrected chi connectivity index (χ0v) is 43.4. The van der Waals surface area contributed by atoms with E-state index in [1.54, 1.807) is 60.7 Å². The Balaban J connectivity index is 0.000000188. The summed E-state index contributed by atoms with van der Waals surface area (Å²) >= 11 is 0. The number of nitrogen functional groups attached to an aromatic ring is 8. The lowest BCUT2D eigenvalue weighted by Gasteiger charge is -2.07. The average molecular weight is 1020 g/mol. The Hall–Kier alpha value is -9.52. The van der Waals surface area contributed by atoms with E-state index in [1.165, 1.54) is 0 Å². The van der Waals surface area contributed by atoms with Gasteiger partial charge in [0.2, 0.25) is 0 Å². The Morgan fingerprint density at radius 2 is 0.618 bits per heavy atom.